The summed E-state index contributed by atoms with van der Waals surface area (Å²) < 4.78 is 17.9. The molecule has 0 saturated carbocycles. The van der Waals surface area contributed by atoms with Crippen molar-refractivity contribution in [3.8, 4) is 17.2 Å². The molecular formula is C17H24N2O3. The van der Waals surface area contributed by atoms with Gasteiger partial charge in [-0.2, -0.15) is 0 Å². The average Bonchev–Trinajstić information content (AvgIpc) is 2.54. The monoisotopic (exact) mass is 304 g/mol. The minimum atomic E-state index is -0.196. The number of benzene rings is 1. The summed E-state index contributed by atoms with van der Waals surface area (Å²) in [6.45, 7) is 9.78. The molecule has 3 aliphatic heterocycles. The van der Waals surface area contributed by atoms with Crippen LogP contribution in [-0.4, -0.2) is 49.9 Å². The third kappa shape index (κ3) is 2.42. The molecule has 1 fully saturated rings. The SMILES string of the molecule is CC1(C)CC(N2CCNCC2)c2ccc3c(c2O1)OCCO3. The molecule has 1 N–H and O–H groups in total. The number of hydrogen-bond acceptors (Lipinski definition) is 5. The van der Waals surface area contributed by atoms with Crippen LogP contribution in [0, 0.1) is 0 Å². The fraction of sp³-hybridized carbons (Fsp3) is 0.647. The van der Waals surface area contributed by atoms with Crippen LogP contribution in [0.5, 0.6) is 17.2 Å². The zero-order valence-corrected chi connectivity index (χ0v) is 13.4. The van der Waals surface area contributed by atoms with Gasteiger partial charge in [-0.1, -0.05) is 0 Å². The summed E-state index contributed by atoms with van der Waals surface area (Å²) in [7, 11) is 0. The maximum atomic E-state index is 6.29. The van der Waals surface area contributed by atoms with Gasteiger partial charge < -0.3 is 19.5 Å². The van der Waals surface area contributed by atoms with Gasteiger partial charge in [0.2, 0.25) is 5.75 Å². The van der Waals surface area contributed by atoms with Crippen LogP contribution in [0.4, 0.5) is 0 Å². The van der Waals surface area contributed by atoms with Crippen LogP contribution in [0.1, 0.15) is 31.9 Å². The van der Waals surface area contributed by atoms with Gasteiger partial charge >= 0.3 is 0 Å². The Bertz CT molecular complexity index is 567. The lowest BCUT2D eigenvalue weighted by Gasteiger charge is -2.44. The minimum Gasteiger partial charge on any atom is -0.486 e. The predicted octanol–water partition coefficient (Wildman–Crippen LogP) is 1.97. The first-order valence-corrected chi connectivity index (χ1v) is 8.20. The molecule has 0 aliphatic carbocycles. The molecule has 5 heteroatoms. The van der Waals surface area contributed by atoms with E-state index in [-0.39, 0.29) is 5.60 Å². The Hall–Kier alpha value is -1.46. The highest BCUT2D eigenvalue weighted by molar-refractivity contribution is 5.58. The Balaban J connectivity index is 1.76. The first-order valence-electron chi connectivity index (χ1n) is 8.20. The molecule has 3 aliphatic rings. The van der Waals surface area contributed by atoms with Crippen molar-refractivity contribution >= 4 is 0 Å². The van der Waals surface area contributed by atoms with Gasteiger partial charge in [0.05, 0.1) is 0 Å². The second-order valence-corrected chi connectivity index (χ2v) is 6.88. The topological polar surface area (TPSA) is 43.0 Å². The highest BCUT2D eigenvalue weighted by atomic mass is 16.6. The van der Waals surface area contributed by atoms with E-state index in [1.807, 2.05) is 6.07 Å². The fourth-order valence-corrected chi connectivity index (χ4v) is 3.69. The van der Waals surface area contributed by atoms with Gasteiger partial charge in [-0.3, -0.25) is 4.90 Å². The van der Waals surface area contributed by atoms with E-state index >= 15 is 0 Å². The standard InChI is InChI=1S/C17H24N2O3/c1-17(2)11-13(19-7-5-18-6-8-19)12-3-4-14-16(15(12)22-17)21-10-9-20-14/h3-4,13,18H,5-11H2,1-2H3. The maximum Gasteiger partial charge on any atom is 0.204 e. The Kier molecular flexibility index (Phi) is 3.42. The van der Waals surface area contributed by atoms with Gasteiger partial charge in [-0.15, -0.1) is 0 Å². The summed E-state index contributed by atoms with van der Waals surface area (Å²) in [6, 6.07) is 4.58. The molecule has 1 saturated heterocycles. The first-order chi connectivity index (χ1) is 10.6. The first kappa shape index (κ1) is 14.2. The van der Waals surface area contributed by atoms with Crippen LogP contribution in [0.15, 0.2) is 12.1 Å². The van der Waals surface area contributed by atoms with Crippen molar-refractivity contribution in [1.29, 1.82) is 0 Å². The molecule has 120 valence electrons. The second kappa shape index (κ2) is 5.32. The van der Waals surface area contributed by atoms with Crippen LogP contribution >= 0.6 is 0 Å². The molecule has 0 spiro atoms. The number of nitrogens with one attached hydrogen (secondary N) is 1. The predicted molar refractivity (Wildman–Crippen MR) is 83.9 cm³/mol. The highest BCUT2D eigenvalue weighted by Gasteiger charge is 2.40. The molecule has 1 unspecified atom stereocenters. The van der Waals surface area contributed by atoms with E-state index in [1.54, 1.807) is 0 Å². The van der Waals surface area contributed by atoms with Gasteiger partial charge in [0, 0.05) is 44.2 Å². The third-order valence-corrected chi connectivity index (χ3v) is 4.71. The maximum absolute atomic E-state index is 6.29. The number of fused-ring (bicyclic) bond motifs is 3. The zero-order chi connectivity index (χ0) is 15.2. The van der Waals surface area contributed by atoms with Gasteiger partial charge in [0.1, 0.15) is 18.8 Å². The second-order valence-electron chi connectivity index (χ2n) is 6.88. The Morgan fingerprint density at radius 2 is 1.86 bits per heavy atom. The zero-order valence-electron chi connectivity index (χ0n) is 13.4. The molecule has 1 atom stereocenters. The normalized spacial score (nSPS) is 26.9. The summed E-state index contributed by atoms with van der Waals surface area (Å²) in [5.41, 5.74) is 1.05. The average molecular weight is 304 g/mol. The number of nitrogens with zero attached hydrogens (tertiary/aromatic N) is 1. The Labute approximate surface area is 131 Å². The molecule has 22 heavy (non-hydrogen) atoms. The van der Waals surface area contributed by atoms with Crippen molar-refractivity contribution in [3.05, 3.63) is 17.7 Å². The molecule has 4 rings (SSSR count). The number of hydrogen-bond donors (Lipinski definition) is 1. The molecule has 0 aromatic heterocycles. The summed E-state index contributed by atoms with van der Waals surface area (Å²) in [4.78, 5) is 2.57. The van der Waals surface area contributed by atoms with E-state index in [4.69, 9.17) is 14.2 Å². The van der Waals surface area contributed by atoms with E-state index in [0.29, 0.717) is 19.3 Å². The van der Waals surface area contributed by atoms with Crippen LogP contribution in [0.25, 0.3) is 0 Å². The van der Waals surface area contributed by atoms with Crippen LogP contribution < -0.4 is 19.5 Å². The third-order valence-electron chi connectivity index (χ3n) is 4.71. The number of piperazine rings is 1. The highest BCUT2D eigenvalue weighted by Crippen LogP contribution is 2.51. The van der Waals surface area contributed by atoms with Crippen molar-refractivity contribution in [2.75, 3.05) is 39.4 Å². The Morgan fingerprint density at radius 1 is 1.09 bits per heavy atom. The summed E-state index contributed by atoms with van der Waals surface area (Å²) in [6.07, 6.45) is 1.000. The molecular weight excluding hydrogens is 280 g/mol. The summed E-state index contributed by atoms with van der Waals surface area (Å²) in [5.74, 6) is 2.48. The lowest BCUT2D eigenvalue weighted by molar-refractivity contribution is 0.0205. The Morgan fingerprint density at radius 3 is 2.68 bits per heavy atom. The lowest BCUT2D eigenvalue weighted by Crippen LogP contribution is -2.49. The smallest absolute Gasteiger partial charge is 0.204 e. The summed E-state index contributed by atoms with van der Waals surface area (Å²) in [5, 5.41) is 3.43. The fourth-order valence-electron chi connectivity index (χ4n) is 3.69. The van der Waals surface area contributed by atoms with Crippen molar-refractivity contribution < 1.29 is 14.2 Å². The van der Waals surface area contributed by atoms with E-state index in [0.717, 1.165) is 49.8 Å². The van der Waals surface area contributed by atoms with Crippen LogP contribution in [0.2, 0.25) is 0 Å². The lowest BCUT2D eigenvalue weighted by atomic mass is 9.88. The van der Waals surface area contributed by atoms with Gasteiger partial charge in [0.25, 0.3) is 0 Å². The van der Waals surface area contributed by atoms with Gasteiger partial charge in [-0.05, 0) is 26.0 Å². The quantitative estimate of drug-likeness (QED) is 0.859. The van der Waals surface area contributed by atoms with Crippen LogP contribution in [0.3, 0.4) is 0 Å². The summed E-state index contributed by atoms with van der Waals surface area (Å²) >= 11 is 0. The van der Waals surface area contributed by atoms with Crippen molar-refractivity contribution in [1.82, 2.24) is 10.2 Å². The van der Waals surface area contributed by atoms with Crippen molar-refractivity contribution in [2.24, 2.45) is 0 Å². The van der Waals surface area contributed by atoms with E-state index in [9.17, 15) is 0 Å². The van der Waals surface area contributed by atoms with E-state index in [1.165, 1.54) is 5.56 Å². The molecule has 5 nitrogen and oxygen atoms in total. The number of rotatable bonds is 1. The van der Waals surface area contributed by atoms with Crippen molar-refractivity contribution in [2.45, 2.75) is 31.9 Å². The molecule has 3 heterocycles. The van der Waals surface area contributed by atoms with Crippen LogP contribution in [-0.2, 0) is 0 Å². The van der Waals surface area contributed by atoms with Gasteiger partial charge in [-0.25, -0.2) is 0 Å². The van der Waals surface area contributed by atoms with E-state index in [2.05, 4.69) is 30.1 Å². The molecule has 0 radical (unpaired) electrons. The minimum absolute atomic E-state index is 0.196. The van der Waals surface area contributed by atoms with Gasteiger partial charge in [0.15, 0.2) is 11.5 Å². The van der Waals surface area contributed by atoms with E-state index < -0.39 is 0 Å². The number of ether oxygens (including phenoxy) is 3. The largest absolute Gasteiger partial charge is 0.486 e. The molecule has 0 bridgehead atoms. The van der Waals surface area contributed by atoms with Crippen molar-refractivity contribution in [3.63, 3.8) is 0 Å². The molecule has 1 aromatic rings. The molecule has 0 amide bonds. The molecule has 1 aromatic carbocycles.